The van der Waals surface area contributed by atoms with Gasteiger partial charge in [0.1, 0.15) is 17.6 Å². The molecule has 7 heteroatoms. The predicted molar refractivity (Wildman–Crippen MR) is 118 cm³/mol. The van der Waals surface area contributed by atoms with Crippen LogP contribution in [0, 0.1) is 5.92 Å². The number of carbonyl (C=O) groups is 1. The first-order valence-corrected chi connectivity index (χ1v) is 10.3. The number of aromatic nitrogens is 1. The summed E-state index contributed by atoms with van der Waals surface area (Å²) in [4.78, 5) is 18.0. The Bertz CT molecular complexity index is 1060. The van der Waals surface area contributed by atoms with Crippen LogP contribution in [-0.4, -0.2) is 32.6 Å². The molecule has 0 saturated carbocycles. The fourth-order valence-corrected chi connectivity index (χ4v) is 4.09. The van der Waals surface area contributed by atoms with Gasteiger partial charge >= 0.3 is 5.97 Å². The van der Waals surface area contributed by atoms with Crippen LogP contribution in [0.5, 0.6) is 0 Å². The maximum Gasteiger partial charge on any atom is 0.335 e. The number of aromatic carboxylic acids is 1. The molecule has 2 aromatic heterocycles. The first kappa shape index (κ1) is 20.1. The average Bonchev–Trinajstić information content (AvgIpc) is 3.34. The molecule has 0 unspecified atom stereocenters. The monoisotopic (exact) mass is 421 g/mol. The van der Waals surface area contributed by atoms with E-state index in [1.54, 1.807) is 24.4 Å². The number of hydrogen-bond acceptors (Lipinski definition) is 4. The molecule has 6 nitrogen and oxygen atoms in total. The van der Waals surface area contributed by atoms with E-state index in [0.29, 0.717) is 16.8 Å². The number of carboxylic acids is 1. The summed E-state index contributed by atoms with van der Waals surface area (Å²) in [5, 5.41) is 13.4. The van der Waals surface area contributed by atoms with Gasteiger partial charge in [-0.3, -0.25) is 4.98 Å². The molecule has 3 heterocycles. The van der Waals surface area contributed by atoms with Gasteiger partial charge < -0.3 is 19.7 Å². The molecule has 0 radical (unpaired) electrons. The maximum atomic E-state index is 11.3. The third-order valence-corrected chi connectivity index (χ3v) is 5.42. The van der Waals surface area contributed by atoms with Gasteiger partial charge in [-0.05, 0) is 54.5 Å². The Morgan fingerprint density at radius 2 is 2.07 bits per heavy atom. The van der Waals surface area contributed by atoms with Crippen molar-refractivity contribution in [3.63, 3.8) is 0 Å². The highest BCUT2D eigenvalue weighted by atomic mass is 32.1. The minimum absolute atomic E-state index is 0.137. The van der Waals surface area contributed by atoms with E-state index in [4.69, 9.17) is 16.6 Å². The molecule has 1 fully saturated rings. The molecule has 2 atom stereocenters. The van der Waals surface area contributed by atoms with E-state index in [-0.39, 0.29) is 17.6 Å². The zero-order chi connectivity index (χ0) is 21.3. The summed E-state index contributed by atoms with van der Waals surface area (Å²) in [7, 11) is 0. The molecule has 0 aliphatic carbocycles. The van der Waals surface area contributed by atoms with Crippen LogP contribution < -0.4 is 5.32 Å². The van der Waals surface area contributed by atoms with E-state index in [1.807, 2.05) is 36.4 Å². The number of carboxylic acid groups (broad SMARTS) is 1. The summed E-state index contributed by atoms with van der Waals surface area (Å²) in [5.74, 6) is 0.827. The fraction of sp³-hybridized carbons (Fsp3) is 0.261. The number of benzene rings is 1. The quantitative estimate of drug-likeness (QED) is 0.560. The second-order valence-corrected chi connectivity index (χ2v) is 8.15. The van der Waals surface area contributed by atoms with E-state index in [1.165, 1.54) is 0 Å². The van der Waals surface area contributed by atoms with Crippen LogP contribution in [0.25, 0.3) is 11.3 Å². The van der Waals surface area contributed by atoms with Crippen LogP contribution in [0.1, 0.15) is 47.7 Å². The van der Waals surface area contributed by atoms with Gasteiger partial charge in [0.2, 0.25) is 0 Å². The summed E-state index contributed by atoms with van der Waals surface area (Å²) in [5.41, 5.74) is 1.84. The van der Waals surface area contributed by atoms with Gasteiger partial charge in [0.25, 0.3) is 0 Å². The van der Waals surface area contributed by atoms with Gasteiger partial charge in [0.05, 0.1) is 17.3 Å². The van der Waals surface area contributed by atoms with Gasteiger partial charge in [0, 0.05) is 18.3 Å². The standard InChI is InChI=1S/C23H23N3O3S/c1-14(2)13-26-21(20(25-23(26)30)17-8-3-4-11-24-17)19-10-9-18(29-19)15-6-5-7-16(12-15)22(27)28/h3-12,14,20-21H,13H2,1-2H3,(H,25,30)(H,27,28)/t20-,21+/m0/s1. The molecule has 154 valence electrons. The lowest BCUT2D eigenvalue weighted by Crippen LogP contribution is -2.32. The first-order chi connectivity index (χ1) is 14.4. The smallest absolute Gasteiger partial charge is 0.335 e. The lowest BCUT2D eigenvalue weighted by Gasteiger charge is -2.27. The van der Waals surface area contributed by atoms with E-state index in [2.05, 4.69) is 29.0 Å². The van der Waals surface area contributed by atoms with E-state index < -0.39 is 5.97 Å². The summed E-state index contributed by atoms with van der Waals surface area (Å²) in [6.45, 7) is 5.09. The second-order valence-electron chi connectivity index (χ2n) is 7.76. The van der Waals surface area contributed by atoms with Crippen molar-refractivity contribution in [1.82, 2.24) is 15.2 Å². The highest BCUT2D eigenvalue weighted by Crippen LogP contribution is 2.40. The van der Waals surface area contributed by atoms with Crippen molar-refractivity contribution >= 4 is 23.3 Å². The molecule has 4 rings (SSSR count). The number of pyridine rings is 1. The fourth-order valence-electron chi connectivity index (χ4n) is 3.78. The number of nitrogens with zero attached hydrogens (tertiary/aromatic N) is 2. The van der Waals surface area contributed by atoms with Gasteiger partial charge in [-0.2, -0.15) is 0 Å². The van der Waals surface area contributed by atoms with Crippen LogP contribution in [0.2, 0.25) is 0 Å². The Morgan fingerprint density at radius 3 is 2.77 bits per heavy atom. The Morgan fingerprint density at radius 1 is 1.23 bits per heavy atom. The molecular weight excluding hydrogens is 398 g/mol. The summed E-state index contributed by atoms with van der Waals surface area (Å²) < 4.78 is 6.24. The number of rotatable bonds is 6. The predicted octanol–water partition coefficient (Wildman–Crippen LogP) is 4.67. The molecule has 0 amide bonds. The zero-order valence-electron chi connectivity index (χ0n) is 16.8. The minimum Gasteiger partial charge on any atom is -0.478 e. The third-order valence-electron chi connectivity index (χ3n) is 5.07. The number of nitrogens with one attached hydrogen (secondary N) is 1. The topological polar surface area (TPSA) is 78.6 Å². The summed E-state index contributed by atoms with van der Waals surface area (Å²) in [6, 6.07) is 16.1. The molecule has 0 spiro atoms. The molecule has 30 heavy (non-hydrogen) atoms. The normalized spacial score (nSPS) is 18.6. The molecular formula is C23H23N3O3S. The zero-order valence-corrected chi connectivity index (χ0v) is 17.6. The van der Waals surface area contributed by atoms with Crippen molar-refractivity contribution in [3.8, 4) is 11.3 Å². The first-order valence-electron chi connectivity index (χ1n) is 9.85. The number of hydrogen-bond donors (Lipinski definition) is 2. The molecule has 1 aliphatic rings. The van der Waals surface area contributed by atoms with Crippen LogP contribution >= 0.6 is 12.2 Å². The highest BCUT2D eigenvalue weighted by Gasteiger charge is 2.41. The van der Waals surface area contributed by atoms with E-state index in [9.17, 15) is 9.90 Å². The molecule has 1 aromatic carbocycles. The van der Waals surface area contributed by atoms with Gasteiger partial charge in [-0.25, -0.2) is 4.79 Å². The summed E-state index contributed by atoms with van der Waals surface area (Å²) >= 11 is 5.64. The van der Waals surface area contributed by atoms with Crippen LogP contribution in [0.3, 0.4) is 0 Å². The van der Waals surface area contributed by atoms with Crippen LogP contribution in [0.4, 0.5) is 0 Å². The van der Waals surface area contributed by atoms with Crippen molar-refractivity contribution in [1.29, 1.82) is 0 Å². The number of thiocarbonyl (C=S) groups is 1. The van der Waals surface area contributed by atoms with Crippen molar-refractivity contribution < 1.29 is 14.3 Å². The van der Waals surface area contributed by atoms with Crippen molar-refractivity contribution in [2.75, 3.05) is 6.54 Å². The molecule has 2 N–H and O–H groups in total. The minimum atomic E-state index is -0.965. The Balaban J connectivity index is 1.72. The molecule has 3 aromatic rings. The molecule has 0 bridgehead atoms. The Hall–Kier alpha value is -3.19. The van der Waals surface area contributed by atoms with Crippen molar-refractivity contribution in [2.45, 2.75) is 25.9 Å². The van der Waals surface area contributed by atoms with Crippen LogP contribution in [-0.2, 0) is 0 Å². The molecule has 1 aliphatic heterocycles. The van der Waals surface area contributed by atoms with Gasteiger partial charge in [-0.1, -0.05) is 32.0 Å². The average molecular weight is 422 g/mol. The SMILES string of the molecule is CC(C)CN1C(=S)N[C@@H](c2ccccn2)[C@H]1c1ccc(-c2cccc(C(=O)O)c2)o1. The van der Waals surface area contributed by atoms with E-state index in [0.717, 1.165) is 23.6 Å². The molecule has 1 saturated heterocycles. The summed E-state index contributed by atoms with van der Waals surface area (Å²) in [6.07, 6.45) is 1.77. The highest BCUT2D eigenvalue weighted by molar-refractivity contribution is 7.80. The van der Waals surface area contributed by atoms with E-state index >= 15 is 0 Å². The van der Waals surface area contributed by atoms with Crippen molar-refractivity contribution in [3.05, 3.63) is 77.8 Å². The van der Waals surface area contributed by atoms with Crippen molar-refractivity contribution in [2.24, 2.45) is 5.92 Å². The lowest BCUT2D eigenvalue weighted by atomic mass is 10.0. The van der Waals surface area contributed by atoms with Gasteiger partial charge in [-0.15, -0.1) is 0 Å². The largest absolute Gasteiger partial charge is 0.478 e. The van der Waals surface area contributed by atoms with Gasteiger partial charge in [0.15, 0.2) is 5.11 Å². The second kappa shape index (κ2) is 8.28. The van der Waals surface area contributed by atoms with Crippen LogP contribution in [0.15, 0.2) is 65.2 Å². The maximum absolute atomic E-state index is 11.3. The Labute approximate surface area is 180 Å². The Kier molecular flexibility index (Phi) is 5.55. The lowest BCUT2D eigenvalue weighted by molar-refractivity contribution is 0.0697. The third kappa shape index (κ3) is 3.93. The number of furan rings is 1.